The molecule has 0 spiro atoms. The lowest BCUT2D eigenvalue weighted by Crippen LogP contribution is -2.46. The van der Waals surface area contributed by atoms with Crippen LogP contribution in [0.15, 0.2) is 18.2 Å². The van der Waals surface area contributed by atoms with Crippen LogP contribution in [0.25, 0.3) is 0 Å². The molecule has 2 saturated heterocycles. The number of carbonyl (C=O) groups is 4. The molecule has 3 heterocycles. The van der Waals surface area contributed by atoms with E-state index in [1.54, 1.807) is 19.9 Å². The maximum atomic E-state index is 13.9. The number of hydrogen-bond acceptors (Lipinski definition) is 9. The second kappa shape index (κ2) is 13.7. The van der Waals surface area contributed by atoms with Gasteiger partial charge in [-0.15, -0.1) is 0 Å². The summed E-state index contributed by atoms with van der Waals surface area (Å²) in [6.07, 6.45) is 5.50. The summed E-state index contributed by atoms with van der Waals surface area (Å²) in [4.78, 5) is 55.5. The van der Waals surface area contributed by atoms with Gasteiger partial charge in [0.25, 0.3) is 0 Å². The van der Waals surface area contributed by atoms with Gasteiger partial charge in [0.1, 0.15) is 11.4 Å². The van der Waals surface area contributed by atoms with Gasteiger partial charge < -0.3 is 24.3 Å². The van der Waals surface area contributed by atoms with Gasteiger partial charge in [-0.25, -0.2) is 0 Å². The van der Waals surface area contributed by atoms with Crippen LogP contribution in [0.1, 0.15) is 64.4 Å². The van der Waals surface area contributed by atoms with Gasteiger partial charge in [-0.05, 0) is 43.4 Å². The average molecular weight is 585 g/mol. The van der Waals surface area contributed by atoms with Crippen molar-refractivity contribution in [3.8, 4) is 11.5 Å². The van der Waals surface area contributed by atoms with Crippen molar-refractivity contribution in [1.29, 1.82) is 0 Å². The summed E-state index contributed by atoms with van der Waals surface area (Å²) in [6.45, 7) is 6.91. The molecule has 1 saturated carbocycles. The van der Waals surface area contributed by atoms with E-state index < -0.39 is 23.5 Å². The van der Waals surface area contributed by atoms with Gasteiger partial charge in [0.2, 0.25) is 12.7 Å². The molecule has 0 aromatic heterocycles. The van der Waals surface area contributed by atoms with Crippen LogP contribution in [-0.2, 0) is 35.1 Å². The van der Waals surface area contributed by atoms with Crippen LogP contribution in [-0.4, -0.2) is 86.0 Å². The molecule has 0 radical (unpaired) electrons. The lowest BCUT2D eigenvalue weighted by molar-refractivity contribution is -0.134. The number of amides is 1. The summed E-state index contributed by atoms with van der Waals surface area (Å²) in [5.41, 5.74) is -0.000258. The number of carbonyl (C=O) groups excluding carboxylic acids is 4. The topological polar surface area (TPSA) is 124 Å². The van der Waals surface area contributed by atoms with Crippen LogP contribution in [0.5, 0.6) is 11.5 Å². The Morgan fingerprint density at radius 3 is 2.48 bits per heavy atom. The summed E-state index contributed by atoms with van der Waals surface area (Å²) >= 11 is 0. The molecule has 5 rings (SSSR count). The highest BCUT2D eigenvalue weighted by Gasteiger charge is 2.50. The lowest BCUT2D eigenvalue weighted by atomic mass is 9.81. The number of benzene rings is 1. The molecule has 4 atom stereocenters. The van der Waals surface area contributed by atoms with Crippen molar-refractivity contribution >= 4 is 23.3 Å². The fourth-order valence-electron chi connectivity index (χ4n) is 6.37. The summed E-state index contributed by atoms with van der Waals surface area (Å²) < 4.78 is 21.8. The highest BCUT2D eigenvalue weighted by Crippen LogP contribution is 2.38. The third kappa shape index (κ3) is 7.96. The molecule has 230 valence electrons. The van der Waals surface area contributed by atoms with E-state index in [1.807, 2.05) is 17.0 Å². The van der Waals surface area contributed by atoms with Gasteiger partial charge in [0.15, 0.2) is 23.1 Å². The van der Waals surface area contributed by atoms with Crippen LogP contribution in [0, 0.1) is 17.8 Å². The first-order valence-electron chi connectivity index (χ1n) is 15.4. The summed E-state index contributed by atoms with van der Waals surface area (Å²) in [7, 11) is 0. The van der Waals surface area contributed by atoms with Crippen molar-refractivity contribution in [1.82, 2.24) is 10.2 Å². The fraction of sp³-hybridized carbons (Fsp3) is 0.688. The second-order valence-electron chi connectivity index (χ2n) is 12.6. The number of Topliss-reactive ketones (excluding diaryl/α,β-unsaturated/α-hetero) is 3. The van der Waals surface area contributed by atoms with Crippen LogP contribution < -0.4 is 14.8 Å². The number of nitrogens with zero attached hydrogens (tertiary/aromatic N) is 1. The van der Waals surface area contributed by atoms with Gasteiger partial charge in [-0.3, -0.25) is 24.1 Å². The Bertz CT molecular complexity index is 1150. The van der Waals surface area contributed by atoms with E-state index in [0.29, 0.717) is 56.7 Å². The number of ether oxygens (including phenoxy) is 4. The van der Waals surface area contributed by atoms with Crippen molar-refractivity contribution in [2.45, 2.75) is 76.9 Å². The molecule has 42 heavy (non-hydrogen) atoms. The Balaban J connectivity index is 1.27. The van der Waals surface area contributed by atoms with Crippen molar-refractivity contribution in [2.24, 2.45) is 17.8 Å². The average Bonchev–Trinajstić information content (AvgIpc) is 3.32. The van der Waals surface area contributed by atoms with Crippen molar-refractivity contribution in [3.63, 3.8) is 0 Å². The molecular weight excluding hydrogens is 540 g/mol. The largest absolute Gasteiger partial charge is 0.454 e. The molecular formula is C32H44N2O8. The van der Waals surface area contributed by atoms with Gasteiger partial charge in [-0.1, -0.05) is 38.7 Å². The van der Waals surface area contributed by atoms with Gasteiger partial charge in [0.05, 0.1) is 32.4 Å². The molecule has 1 amide bonds. The van der Waals surface area contributed by atoms with Gasteiger partial charge >= 0.3 is 0 Å². The van der Waals surface area contributed by atoms with E-state index in [4.69, 9.17) is 18.9 Å². The fourth-order valence-corrected chi connectivity index (χ4v) is 6.37. The number of epoxide rings is 1. The summed E-state index contributed by atoms with van der Waals surface area (Å²) in [6, 6.07) is 4.63. The predicted octanol–water partition coefficient (Wildman–Crippen LogP) is 2.88. The van der Waals surface area contributed by atoms with Gasteiger partial charge in [0, 0.05) is 37.8 Å². The van der Waals surface area contributed by atoms with E-state index in [0.717, 1.165) is 31.2 Å². The van der Waals surface area contributed by atoms with Crippen LogP contribution >= 0.6 is 0 Å². The van der Waals surface area contributed by atoms with E-state index in [1.165, 1.54) is 0 Å². The van der Waals surface area contributed by atoms with E-state index in [2.05, 4.69) is 5.32 Å². The molecule has 1 N–H and O–H groups in total. The Hall–Kier alpha value is -2.82. The minimum absolute atomic E-state index is 0.0156. The minimum Gasteiger partial charge on any atom is -0.454 e. The highest BCUT2D eigenvalue weighted by atomic mass is 16.7. The molecule has 3 fully saturated rings. The molecule has 4 aliphatic rings. The number of morpholine rings is 1. The predicted molar refractivity (Wildman–Crippen MR) is 153 cm³/mol. The smallest absolute Gasteiger partial charge is 0.231 e. The monoisotopic (exact) mass is 584 g/mol. The third-order valence-electron chi connectivity index (χ3n) is 9.08. The zero-order chi connectivity index (χ0) is 29.7. The number of rotatable bonds is 15. The minimum atomic E-state index is -0.846. The van der Waals surface area contributed by atoms with Gasteiger partial charge in [-0.2, -0.15) is 0 Å². The molecule has 0 unspecified atom stereocenters. The van der Waals surface area contributed by atoms with Crippen LogP contribution in [0.2, 0.25) is 0 Å². The van der Waals surface area contributed by atoms with Crippen molar-refractivity contribution in [2.75, 3.05) is 46.2 Å². The number of nitrogens with one attached hydrogen (secondary N) is 1. The molecule has 1 aromatic carbocycles. The normalized spacial score (nSPS) is 24.1. The van der Waals surface area contributed by atoms with E-state index >= 15 is 0 Å². The SMILES string of the molecule is C[C@H](CC(=O)CN1CCOCC1)C(=O)N[C@@H](Cc1ccc2c(c1)OCO2)C(=O)C[C@@H](CC1CCCC1)C(=O)[C@@]1(C)CO1. The molecule has 1 aliphatic carbocycles. The Kier molecular flexibility index (Phi) is 9.96. The number of fused-ring (bicyclic) bond motifs is 1. The Morgan fingerprint density at radius 2 is 1.76 bits per heavy atom. The van der Waals surface area contributed by atoms with E-state index in [-0.39, 0.29) is 55.9 Å². The first-order valence-corrected chi connectivity index (χ1v) is 15.4. The quantitative estimate of drug-likeness (QED) is 0.310. The maximum Gasteiger partial charge on any atom is 0.231 e. The number of hydrogen-bond donors (Lipinski definition) is 1. The Labute approximate surface area is 247 Å². The third-order valence-corrected chi connectivity index (χ3v) is 9.08. The van der Waals surface area contributed by atoms with E-state index in [9.17, 15) is 19.2 Å². The zero-order valence-corrected chi connectivity index (χ0v) is 24.9. The molecule has 0 bridgehead atoms. The lowest BCUT2D eigenvalue weighted by Gasteiger charge is -2.26. The Morgan fingerprint density at radius 1 is 1.05 bits per heavy atom. The highest BCUT2D eigenvalue weighted by molar-refractivity contribution is 5.97. The number of ketones is 3. The van der Waals surface area contributed by atoms with Crippen molar-refractivity contribution < 1.29 is 38.1 Å². The molecule has 3 aliphatic heterocycles. The zero-order valence-electron chi connectivity index (χ0n) is 24.9. The molecule has 1 aromatic rings. The second-order valence-corrected chi connectivity index (χ2v) is 12.6. The standard InChI is InChI=1S/C32H44N2O8/c1-21(13-25(35)18-34-9-11-39-12-10-34)31(38)33-26(15-23-7-8-28-29(16-23)41-20-40-28)27(36)17-24(14-22-5-3-4-6-22)30(37)32(2)19-42-32/h7-8,16,21-22,24,26H,3-6,9-15,17-20H2,1-2H3,(H,33,38)/t21-,24-,26+,32-/m1/s1. The van der Waals surface area contributed by atoms with Crippen molar-refractivity contribution in [3.05, 3.63) is 23.8 Å². The first-order chi connectivity index (χ1) is 20.2. The summed E-state index contributed by atoms with van der Waals surface area (Å²) in [5, 5.41) is 2.95. The maximum absolute atomic E-state index is 13.9. The first kappa shape index (κ1) is 30.6. The summed E-state index contributed by atoms with van der Waals surface area (Å²) in [5.74, 6) is 0.0499. The van der Waals surface area contributed by atoms with Crippen LogP contribution in [0.4, 0.5) is 0 Å². The van der Waals surface area contributed by atoms with Crippen LogP contribution in [0.3, 0.4) is 0 Å². The molecule has 10 heteroatoms. The molecule has 10 nitrogen and oxygen atoms in total.